The minimum absolute atomic E-state index is 0. The second-order valence-corrected chi connectivity index (χ2v) is 6.22. The van der Waals surface area contributed by atoms with Crippen molar-refractivity contribution in [2.75, 3.05) is 23.8 Å². The molecule has 1 atom stereocenters. The molecular weight excluding hydrogens is 403 g/mol. The molecule has 2 aromatic rings. The van der Waals surface area contributed by atoms with Crippen molar-refractivity contribution in [3.05, 3.63) is 54.2 Å². The topological polar surface area (TPSA) is 106 Å². The molecule has 1 aromatic heterocycles. The van der Waals surface area contributed by atoms with E-state index >= 15 is 0 Å². The third-order valence-corrected chi connectivity index (χ3v) is 4.39. The fraction of sp³-hybridized carbons (Fsp3) is 0.316. The Labute approximate surface area is 176 Å². The van der Waals surface area contributed by atoms with Crippen LogP contribution in [0.5, 0.6) is 0 Å². The Hall–Kier alpha value is -2.19. The Bertz CT molecular complexity index is 754. The average molecular weight is 427 g/mol. The predicted molar refractivity (Wildman–Crippen MR) is 113 cm³/mol. The van der Waals surface area contributed by atoms with E-state index < -0.39 is 6.04 Å². The monoisotopic (exact) mass is 426 g/mol. The van der Waals surface area contributed by atoms with E-state index in [0.717, 1.165) is 12.8 Å². The van der Waals surface area contributed by atoms with Crippen LogP contribution in [-0.2, 0) is 9.53 Å². The van der Waals surface area contributed by atoms with Gasteiger partial charge in [-0.1, -0.05) is 18.2 Å². The summed E-state index contributed by atoms with van der Waals surface area (Å²) in [5, 5.41) is 5.48. The van der Waals surface area contributed by atoms with Gasteiger partial charge in [0, 0.05) is 18.8 Å². The molecule has 0 bridgehead atoms. The van der Waals surface area contributed by atoms with Gasteiger partial charge < -0.3 is 21.1 Å². The van der Waals surface area contributed by atoms with E-state index in [1.807, 2.05) is 6.07 Å². The van der Waals surface area contributed by atoms with Crippen LogP contribution in [0.1, 0.15) is 23.2 Å². The maximum Gasteiger partial charge on any atom is 0.256 e. The molecule has 1 aliphatic rings. The minimum atomic E-state index is -0.573. The molecule has 0 radical (unpaired) electrons. The number of pyridine rings is 1. The number of amides is 2. The summed E-state index contributed by atoms with van der Waals surface area (Å²) in [6.07, 6.45) is 3.07. The summed E-state index contributed by atoms with van der Waals surface area (Å²) >= 11 is 0. The van der Waals surface area contributed by atoms with Crippen LogP contribution in [0, 0.1) is 5.92 Å². The minimum Gasteiger partial charge on any atom is -0.381 e. The molecule has 1 saturated heterocycles. The van der Waals surface area contributed by atoms with Crippen molar-refractivity contribution in [1.82, 2.24) is 4.98 Å². The Morgan fingerprint density at radius 1 is 1.04 bits per heavy atom. The first-order chi connectivity index (χ1) is 12.6. The predicted octanol–water partition coefficient (Wildman–Crippen LogP) is 2.87. The summed E-state index contributed by atoms with van der Waals surface area (Å²) in [7, 11) is 0. The van der Waals surface area contributed by atoms with Gasteiger partial charge in [-0.25, -0.2) is 4.98 Å². The van der Waals surface area contributed by atoms with Crippen LogP contribution in [0.3, 0.4) is 0 Å². The van der Waals surface area contributed by atoms with Gasteiger partial charge in [0.15, 0.2) is 0 Å². The Morgan fingerprint density at radius 2 is 1.71 bits per heavy atom. The van der Waals surface area contributed by atoms with Gasteiger partial charge in [-0.15, -0.1) is 24.8 Å². The van der Waals surface area contributed by atoms with E-state index in [4.69, 9.17) is 10.5 Å². The summed E-state index contributed by atoms with van der Waals surface area (Å²) in [5.74, 6) is 0.0583. The molecule has 0 aliphatic carbocycles. The molecule has 2 amide bonds. The first kappa shape index (κ1) is 23.8. The third kappa shape index (κ3) is 6.45. The smallest absolute Gasteiger partial charge is 0.256 e. The average Bonchev–Trinajstić information content (AvgIpc) is 2.70. The molecule has 0 spiro atoms. The number of rotatable bonds is 5. The van der Waals surface area contributed by atoms with Gasteiger partial charge in [0.1, 0.15) is 5.82 Å². The van der Waals surface area contributed by atoms with Gasteiger partial charge >= 0.3 is 0 Å². The number of benzene rings is 1. The summed E-state index contributed by atoms with van der Waals surface area (Å²) < 4.78 is 5.29. The largest absolute Gasteiger partial charge is 0.381 e. The summed E-state index contributed by atoms with van der Waals surface area (Å²) in [6, 6.07) is 11.6. The number of carbonyl (C=O) groups excluding carboxylic acids is 2. The molecule has 152 valence electrons. The highest BCUT2D eigenvalue weighted by molar-refractivity contribution is 6.03. The SMILES string of the molecule is Cl.Cl.NC(C(=O)Nc1ccc(NC(=O)c2ccccc2)nc1)C1CCOCC1. The standard InChI is InChI=1S/C19H22N4O3.2ClH/c20-17(13-8-10-26-11-9-13)19(25)22-15-6-7-16(21-12-15)23-18(24)14-4-2-1-3-5-14;;/h1-7,12-13,17H,8-11,20H2,(H,22,25)(H,21,23,24);2*1H. The van der Waals surface area contributed by atoms with Crippen molar-refractivity contribution in [3.8, 4) is 0 Å². The zero-order valence-electron chi connectivity index (χ0n) is 15.2. The van der Waals surface area contributed by atoms with Crippen molar-refractivity contribution >= 4 is 48.1 Å². The lowest BCUT2D eigenvalue weighted by atomic mass is 9.92. The lowest BCUT2D eigenvalue weighted by molar-refractivity contribution is -0.119. The molecule has 4 N–H and O–H groups in total. The van der Waals surface area contributed by atoms with Gasteiger partial charge in [-0.2, -0.15) is 0 Å². The number of nitrogens with two attached hydrogens (primary N) is 1. The van der Waals surface area contributed by atoms with E-state index in [-0.39, 0.29) is 42.5 Å². The van der Waals surface area contributed by atoms with E-state index in [0.29, 0.717) is 30.3 Å². The molecule has 1 aromatic carbocycles. The highest BCUT2D eigenvalue weighted by Gasteiger charge is 2.26. The molecule has 1 aliphatic heterocycles. The second-order valence-electron chi connectivity index (χ2n) is 6.22. The Kier molecular flexibility index (Phi) is 9.89. The first-order valence-electron chi connectivity index (χ1n) is 8.60. The second kappa shape index (κ2) is 11.6. The van der Waals surface area contributed by atoms with Crippen molar-refractivity contribution < 1.29 is 14.3 Å². The van der Waals surface area contributed by atoms with Crippen LogP contribution in [-0.4, -0.2) is 36.1 Å². The molecular formula is C19H24Cl2N4O3. The lowest BCUT2D eigenvalue weighted by Crippen LogP contribution is -2.44. The normalized spacial score (nSPS) is 14.8. The zero-order valence-corrected chi connectivity index (χ0v) is 16.8. The molecule has 2 heterocycles. The number of ether oxygens (including phenoxy) is 1. The van der Waals surface area contributed by atoms with Gasteiger partial charge in [-0.3, -0.25) is 9.59 Å². The number of nitrogens with zero attached hydrogens (tertiary/aromatic N) is 1. The van der Waals surface area contributed by atoms with E-state index in [9.17, 15) is 9.59 Å². The number of anilines is 2. The number of hydrogen-bond donors (Lipinski definition) is 3. The highest BCUT2D eigenvalue weighted by Crippen LogP contribution is 2.19. The fourth-order valence-electron chi connectivity index (χ4n) is 2.83. The molecule has 0 saturated carbocycles. The maximum absolute atomic E-state index is 12.3. The van der Waals surface area contributed by atoms with E-state index in [1.165, 1.54) is 6.20 Å². The van der Waals surface area contributed by atoms with Crippen molar-refractivity contribution in [3.63, 3.8) is 0 Å². The Balaban J connectivity index is 0.00000196. The van der Waals surface area contributed by atoms with Crippen LogP contribution < -0.4 is 16.4 Å². The van der Waals surface area contributed by atoms with Crippen LogP contribution in [0.4, 0.5) is 11.5 Å². The van der Waals surface area contributed by atoms with Gasteiger partial charge in [0.2, 0.25) is 5.91 Å². The van der Waals surface area contributed by atoms with Gasteiger partial charge in [0.05, 0.1) is 17.9 Å². The molecule has 3 rings (SSSR count). The number of aromatic nitrogens is 1. The lowest BCUT2D eigenvalue weighted by Gasteiger charge is -2.26. The first-order valence-corrected chi connectivity index (χ1v) is 8.60. The van der Waals surface area contributed by atoms with Gasteiger partial charge in [-0.05, 0) is 43.0 Å². The van der Waals surface area contributed by atoms with Crippen LogP contribution >= 0.6 is 24.8 Å². The zero-order chi connectivity index (χ0) is 18.4. The number of halogens is 2. The van der Waals surface area contributed by atoms with Crippen LogP contribution in [0.25, 0.3) is 0 Å². The fourth-order valence-corrected chi connectivity index (χ4v) is 2.83. The summed E-state index contributed by atoms with van der Waals surface area (Å²) in [5.41, 5.74) is 7.14. The molecule has 7 nitrogen and oxygen atoms in total. The van der Waals surface area contributed by atoms with Gasteiger partial charge in [0.25, 0.3) is 5.91 Å². The maximum atomic E-state index is 12.3. The molecule has 9 heteroatoms. The number of hydrogen-bond acceptors (Lipinski definition) is 5. The Morgan fingerprint density at radius 3 is 2.32 bits per heavy atom. The summed E-state index contributed by atoms with van der Waals surface area (Å²) in [6.45, 7) is 1.28. The number of nitrogens with one attached hydrogen (secondary N) is 2. The van der Waals surface area contributed by atoms with Crippen molar-refractivity contribution in [2.24, 2.45) is 11.7 Å². The van der Waals surface area contributed by atoms with Crippen LogP contribution in [0.2, 0.25) is 0 Å². The third-order valence-electron chi connectivity index (χ3n) is 4.39. The van der Waals surface area contributed by atoms with Crippen molar-refractivity contribution in [2.45, 2.75) is 18.9 Å². The molecule has 1 fully saturated rings. The van der Waals surface area contributed by atoms with E-state index in [2.05, 4.69) is 15.6 Å². The number of carbonyl (C=O) groups is 2. The summed E-state index contributed by atoms with van der Waals surface area (Å²) in [4.78, 5) is 28.5. The highest BCUT2D eigenvalue weighted by atomic mass is 35.5. The van der Waals surface area contributed by atoms with E-state index in [1.54, 1.807) is 36.4 Å². The molecule has 28 heavy (non-hydrogen) atoms. The van der Waals surface area contributed by atoms with Crippen LogP contribution in [0.15, 0.2) is 48.7 Å². The molecule has 1 unspecified atom stereocenters. The van der Waals surface area contributed by atoms with Crippen molar-refractivity contribution in [1.29, 1.82) is 0 Å². The quantitative estimate of drug-likeness (QED) is 0.681.